The highest BCUT2D eigenvalue weighted by atomic mass is 16.4. The average molecular weight is 318 g/mol. The molecule has 0 saturated carbocycles. The number of hydrogen-bond donors (Lipinski definition) is 2. The number of aromatic carboxylic acids is 2. The van der Waals surface area contributed by atoms with Crippen molar-refractivity contribution < 1.29 is 19.8 Å². The Morgan fingerprint density at radius 2 is 1.12 bits per heavy atom. The van der Waals surface area contributed by atoms with E-state index < -0.39 is 11.9 Å². The smallest absolute Gasteiger partial charge is 0.336 e. The van der Waals surface area contributed by atoms with E-state index in [-0.39, 0.29) is 11.1 Å². The predicted molar refractivity (Wildman–Crippen MR) is 91.2 cm³/mol. The van der Waals surface area contributed by atoms with Crippen LogP contribution in [0.3, 0.4) is 0 Å². The van der Waals surface area contributed by atoms with Crippen LogP contribution in [0.4, 0.5) is 0 Å². The summed E-state index contributed by atoms with van der Waals surface area (Å²) in [6.07, 6.45) is 0. The lowest BCUT2D eigenvalue weighted by atomic mass is 9.92. The summed E-state index contributed by atoms with van der Waals surface area (Å²) < 4.78 is 0. The summed E-state index contributed by atoms with van der Waals surface area (Å²) in [7, 11) is 0. The number of carboxylic acid groups (broad SMARTS) is 2. The minimum Gasteiger partial charge on any atom is -0.478 e. The van der Waals surface area contributed by atoms with E-state index in [0.29, 0.717) is 5.56 Å². The van der Waals surface area contributed by atoms with Crippen LogP contribution in [0.2, 0.25) is 0 Å². The molecule has 0 unspecified atom stereocenters. The van der Waals surface area contributed by atoms with Gasteiger partial charge in [-0.2, -0.15) is 0 Å². The van der Waals surface area contributed by atoms with Gasteiger partial charge in [0.05, 0.1) is 11.1 Å². The van der Waals surface area contributed by atoms with Gasteiger partial charge in [-0.1, -0.05) is 60.7 Å². The van der Waals surface area contributed by atoms with E-state index in [1.165, 1.54) is 12.1 Å². The van der Waals surface area contributed by atoms with Crippen LogP contribution in [-0.4, -0.2) is 22.2 Å². The first-order valence-corrected chi connectivity index (χ1v) is 7.33. The summed E-state index contributed by atoms with van der Waals surface area (Å²) in [5.41, 5.74) is 3.04. The maximum absolute atomic E-state index is 11.4. The minimum absolute atomic E-state index is 0.219. The van der Waals surface area contributed by atoms with Crippen molar-refractivity contribution in [3.05, 3.63) is 83.9 Å². The van der Waals surface area contributed by atoms with Gasteiger partial charge in [0.2, 0.25) is 0 Å². The van der Waals surface area contributed by atoms with Gasteiger partial charge in [0.1, 0.15) is 0 Å². The zero-order chi connectivity index (χ0) is 17.1. The molecule has 0 heterocycles. The maximum Gasteiger partial charge on any atom is 0.336 e. The first kappa shape index (κ1) is 15.5. The third kappa shape index (κ3) is 2.90. The van der Waals surface area contributed by atoms with Crippen molar-refractivity contribution in [2.75, 3.05) is 0 Å². The summed E-state index contributed by atoms with van der Waals surface area (Å²) >= 11 is 0. The van der Waals surface area contributed by atoms with E-state index in [9.17, 15) is 14.7 Å². The second kappa shape index (κ2) is 6.38. The highest BCUT2D eigenvalue weighted by Crippen LogP contribution is 2.32. The number of benzene rings is 3. The lowest BCUT2D eigenvalue weighted by molar-refractivity contribution is 0.0651. The standard InChI is InChI=1S/C20H14O4/c21-19(22)17-11-10-14(12-18(17)20(23)24)16-9-5-4-8-15(16)13-6-2-1-3-7-13/h1-12H,(H,21,22)(H,23,24). The van der Waals surface area contributed by atoms with Gasteiger partial charge in [-0.3, -0.25) is 0 Å². The number of carbonyl (C=O) groups is 2. The highest BCUT2D eigenvalue weighted by Gasteiger charge is 2.17. The van der Waals surface area contributed by atoms with Gasteiger partial charge < -0.3 is 10.2 Å². The van der Waals surface area contributed by atoms with Crippen LogP contribution in [0.1, 0.15) is 20.7 Å². The normalized spacial score (nSPS) is 10.3. The van der Waals surface area contributed by atoms with E-state index in [0.717, 1.165) is 16.7 Å². The number of hydrogen-bond acceptors (Lipinski definition) is 2. The lowest BCUT2D eigenvalue weighted by Gasteiger charge is -2.11. The molecule has 0 atom stereocenters. The molecule has 4 nitrogen and oxygen atoms in total. The van der Waals surface area contributed by atoms with Crippen LogP contribution in [-0.2, 0) is 0 Å². The van der Waals surface area contributed by atoms with Crippen LogP contribution in [0.15, 0.2) is 72.8 Å². The van der Waals surface area contributed by atoms with Crippen molar-refractivity contribution in [1.82, 2.24) is 0 Å². The molecule has 0 aliphatic carbocycles. The fourth-order valence-corrected chi connectivity index (χ4v) is 2.68. The zero-order valence-electron chi connectivity index (χ0n) is 12.6. The van der Waals surface area contributed by atoms with Crippen molar-refractivity contribution >= 4 is 11.9 Å². The molecule has 0 amide bonds. The van der Waals surface area contributed by atoms with E-state index in [1.807, 2.05) is 54.6 Å². The summed E-state index contributed by atoms with van der Waals surface area (Å²) in [6, 6.07) is 21.8. The van der Waals surface area contributed by atoms with Crippen molar-refractivity contribution in [2.24, 2.45) is 0 Å². The number of rotatable bonds is 4. The monoisotopic (exact) mass is 318 g/mol. The molecule has 118 valence electrons. The highest BCUT2D eigenvalue weighted by molar-refractivity contribution is 6.03. The van der Waals surface area contributed by atoms with Crippen molar-refractivity contribution in [3.63, 3.8) is 0 Å². The summed E-state index contributed by atoms with van der Waals surface area (Å²) in [5, 5.41) is 18.5. The molecule has 0 radical (unpaired) electrons. The molecular formula is C20H14O4. The fourth-order valence-electron chi connectivity index (χ4n) is 2.68. The molecule has 3 rings (SSSR count). The Morgan fingerprint density at radius 1 is 0.583 bits per heavy atom. The molecule has 0 fully saturated rings. The molecule has 24 heavy (non-hydrogen) atoms. The predicted octanol–water partition coefficient (Wildman–Crippen LogP) is 4.42. The molecule has 3 aromatic rings. The molecule has 0 bridgehead atoms. The summed E-state index contributed by atoms with van der Waals surface area (Å²) in [5.74, 6) is -2.51. The Hall–Kier alpha value is -3.40. The molecule has 3 aromatic carbocycles. The van der Waals surface area contributed by atoms with Crippen LogP contribution in [0.25, 0.3) is 22.3 Å². The Kier molecular flexibility index (Phi) is 4.12. The van der Waals surface area contributed by atoms with Crippen molar-refractivity contribution in [3.8, 4) is 22.3 Å². The molecular weight excluding hydrogens is 304 g/mol. The van der Waals surface area contributed by atoms with Crippen LogP contribution >= 0.6 is 0 Å². The first-order chi connectivity index (χ1) is 11.6. The largest absolute Gasteiger partial charge is 0.478 e. The molecule has 0 aliphatic heterocycles. The van der Waals surface area contributed by atoms with Crippen molar-refractivity contribution in [1.29, 1.82) is 0 Å². The Bertz CT molecular complexity index is 914. The van der Waals surface area contributed by atoms with Gasteiger partial charge >= 0.3 is 11.9 Å². The number of carboxylic acids is 2. The third-order valence-electron chi connectivity index (χ3n) is 3.80. The zero-order valence-corrected chi connectivity index (χ0v) is 12.6. The van der Waals surface area contributed by atoms with Crippen LogP contribution in [0, 0.1) is 0 Å². The van der Waals surface area contributed by atoms with E-state index in [4.69, 9.17) is 5.11 Å². The van der Waals surface area contributed by atoms with Crippen molar-refractivity contribution in [2.45, 2.75) is 0 Å². The third-order valence-corrected chi connectivity index (χ3v) is 3.80. The molecule has 2 N–H and O–H groups in total. The maximum atomic E-state index is 11.4. The Labute approximate surface area is 138 Å². The van der Waals surface area contributed by atoms with Crippen LogP contribution in [0.5, 0.6) is 0 Å². The van der Waals surface area contributed by atoms with Gasteiger partial charge in [0.25, 0.3) is 0 Å². The first-order valence-electron chi connectivity index (χ1n) is 7.33. The Balaban J connectivity index is 2.19. The van der Waals surface area contributed by atoms with Gasteiger partial charge in [-0.25, -0.2) is 9.59 Å². The SMILES string of the molecule is O=C(O)c1ccc(-c2ccccc2-c2ccccc2)cc1C(=O)O. The fraction of sp³-hybridized carbons (Fsp3) is 0. The van der Waals surface area contributed by atoms with Gasteiger partial charge in [0, 0.05) is 0 Å². The molecule has 0 saturated heterocycles. The summed E-state index contributed by atoms with van der Waals surface area (Å²) in [4.78, 5) is 22.6. The van der Waals surface area contributed by atoms with Gasteiger partial charge in [-0.05, 0) is 34.4 Å². The van der Waals surface area contributed by atoms with E-state index in [2.05, 4.69) is 0 Å². The minimum atomic E-state index is -1.26. The molecule has 0 aromatic heterocycles. The van der Waals surface area contributed by atoms with Crippen LogP contribution < -0.4 is 0 Å². The van der Waals surface area contributed by atoms with Gasteiger partial charge in [-0.15, -0.1) is 0 Å². The molecule has 0 spiro atoms. The summed E-state index contributed by atoms with van der Waals surface area (Å²) in [6.45, 7) is 0. The second-order valence-electron chi connectivity index (χ2n) is 5.28. The topological polar surface area (TPSA) is 74.6 Å². The average Bonchev–Trinajstić information content (AvgIpc) is 2.62. The molecule has 4 heteroatoms. The van der Waals surface area contributed by atoms with E-state index in [1.54, 1.807) is 6.07 Å². The molecule has 0 aliphatic rings. The lowest BCUT2D eigenvalue weighted by Crippen LogP contribution is -2.08. The van der Waals surface area contributed by atoms with Gasteiger partial charge in [0.15, 0.2) is 0 Å². The second-order valence-corrected chi connectivity index (χ2v) is 5.28. The Morgan fingerprint density at radius 3 is 1.71 bits per heavy atom. The quantitative estimate of drug-likeness (QED) is 0.747. The van der Waals surface area contributed by atoms with E-state index >= 15 is 0 Å².